The van der Waals surface area contributed by atoms with Gasteiger partial charge in [-0.15, -0.1) is 10.2 Å². The Kier molecular flexibility index (Phi) is 4.19. The average molecular weight is 327 g/mol. The number of hydrogen-bond acceptors (Lipinski definition) is 4. The molecule has 126 valence electrons. The molecule has 4 rings (SSSR count). The average Bonchev–Trinajstić information content (AvgIpc) is 2.59. The van der Waals surface area contributed by atoms with Crippen LogP contribution in [0.2, 0.25) is 0 Å². The van der Waals surface area contributed by atoms with E-state index in [-0.39, 0.29) is 11.9 Å². The van der Waals surface area contributed by atoms with Crippen LogP contribution in [0, 0.1) is 18.7 Å². The topological polar surface area (TPSA) is 38.2 Å². The molecule has 2 aliphatic rings. The molecule has 3 atom stereocenters. The normalized spacial score (nSPS) is 26.2. The number of hydrogen-bond donors (Lipinski definition) is 0. The molecule has 0 radical (unpaired) electrons. The summed E-state index contributed by atoms with van der Waals surface area (Å²) in [6, 6.07) is 8.72. The lowest BCUT2D eigenvalue weighted by molar-refractivity contribution is 0.0123. The zero-order valence-corrected chi connectivity index (χ0v) is 13.9. The Morgan fingerprint density at radius 3 is 2.83 bits per heavy atom. The van der Waals surface area contributed by atoms with Crippen LogP contribution in [0.3, 0.4) is 0 Å². The van der Waals surface area contributed by atoms with Crippen LogP contribution < -0.4 is 4.74 Å². The van der Waals surface area contributed by atoms with Gasteiger partial charge in [-0.25, -0.2) is 4.39 Å². The Balaban J connectivity index is 1.47. The zero-order valence-electron chi connectivity index (χ0n) is 13.9. The first-order chi connectivity index (χ1) is 11.7. The van der Waals surface area contributed by atoms with Crippen LogP contribution in [0.1, 0.15) is 24.8 Å². The van der Waals surface area contributed by atoms with Crippen LogP contribution in [-0.4, -0.2) is 40.8 Å². The molecule has 0 aliphatic carbocycles. The summed E-state index contributed by atoms with van der Waals surface area (Å²) in [5.74, 6) is 0.853. The smallest absolute Gasteiger partial charge is 0.233 e. The molecule has 2 aliphatic heterocycles. The molecule has 1 aromatic heterocycles. The highest BCUT2D eigenvalue weighted by atomic mass is 19.1. The molecule has 5 heteroatoms. The fourth-order valence-corrected chi connectivity index (χ4v) is 3.81. The maximum atomic E-state index is 14.0. The Labute approximate surface area is 141 Å². The SMILES string of the molecule is Cc1ccc(-c2ccc(O[C@H]3CCN4CCC[C@H]3C4)nn2)c(F)c1. The number of ether oxygens (including phenoxy) is 1. The third-order valence-corrected chi connectivity index (χ3v) is 5.11. The molecule has 0 saturated carbocycles. The number of aromatic nitrogens is 2. The predicted octanol–water partition coefficient (Wildman–Crippen LogP) is 3.45. The van der Waals surface area contributed by atoms with Gasteiger partial charge in [-0.1, -0.05) is 6.07 Å². The van der Waals surface area contributed by atoms with Gasteiger partial charge >= 0.3 is 0 Å². The molecule has 0 amide bonds. The van der Waals surface area contributed by atoms with Gasteiger partial charge in [0.2, 0.25) is 5.88 Å². The van der Waals surface area contributed by atoms with Gasteiger partial charge in [-0.3, -0.25) is 0 Å². The summed E-state index contributed by atoms with van der Waals surface area (Å²) in [4.78, 5) is 2.52. The highest BCUT2D eigenvalue weighted by Gasteiger charge is 2.33. The molecule has 2 saturated heterocycles. The van der Waals surface area contributed by atoms with Gasteiger partial charge in [0.25, 0.3) is 0 Å². The highest BCUT2D eigenvalue weighted by molar-refractivity contribution is 5.59. The summed E-state index contributed by atoms with van der Waals surface area (Å²) in [5, 5.41) is 8.33. The monoisotopic (exact) mass is 327 g/mol. The van der Waals surface area contributed by atoms with Crippen LogP contribution in [0.5, 0.6) is 5.88 Å². The van der Waals surface area contributed by atoms with E-state index in [4.69, 9.17) is 4.74 Å². The fraction of sp³-hybridized carbons (Fsp3) is 0.474. The molecule has 2 fully saturated rings. The lowest BCUT2D eigenvalue weighted by atomic mass is 9.87. The van der Waals surface area contributed by atoms with Gasteiger partial charge in [-0.05, 0) is 56.5 Å². The molecule has 4 nitrogen and oxygen atoms in total. The van der Waals surface area contributed by atoms with Crippen molar-refractivity contribution in [2.45, 2.75) is 32.3 Å². The third kappa shape index (κ3) is 3.13. The number of nitrogens with zero attached hydrogens (tertiary/aromatic N) is 3. The fourth-order valence-electron chi connectivity index (χ4n) is 3.81. The van der Waals surface area contributed by atoms with Crippen LogP contribution >= 0.6 is 0 Å². The maximum Gasteiger partial charge on any atom is 0.233 e. The lowest BCUT2D eigenvalue weighted by Crippen LogP contribution is -2.49. The van der Waals surface area contributed by atoms with Gasteiger partial charge in [0.15, 0.2) is 0 Å². The van der Waals surface area contributed by atoms with Gasteiger partial charge in [0.05, 0.1) is 5.69 Å². The van der Waals surface area contributed by atoms with E-state index in [0.29, 0.717) is 23.1 Å². The van der Waals surface area contributed by atoms with Crippen molar-refractivity contribution in [3.63, 3.8) is 0 Å². The van der Waals surface area contributed by atoms with Crippen LogP contribution in [-0.2, 0) is 0 Å². The van der Waals surface area contributed by atoms with Crippen molar-refractivity contribution >= 4 is 0 Å². The molecular formula is C19H22FN3O. The minimum Gasteiger partial charge on any atom is -0.473 e. The molecule has 0 spiro atoms. The summed E-state index contributed by atoms with van der Waals surface area (Å²) in [5.41, 5.74) is 1.90. The molecule has 1 unspecified atom stereocenters. The Hall–Kier alpha value is -2.01. The largest absolute Gasteiger partial charge is 0.473 e. The molecule has 2 bridgehead atoms. The van der Waals surface area contributed by atoms with Crippen LogP contribution in [0.15, 0.2) is 30.3 Å². The Morgan fingerprint density at radius 1 is 1.12 bits per heavy atom. The first-order valence-corrected chi connectivity index (χ1v) is 8.68. The van der Waals surface area contributed by atoms with E-state index in [9.17, 15) is 4.39 Å². The standard InChI is InChI=1S/C19H22FN3O/c1-13-4-5-15(16(20)11-13)17-6-7-19(22-21-17)24-18-8-10-23-9-2-3-14(18)12-23/h4-7,11,14,18H,2-3,8-10,12H2,1H3/t14-,18-/m0/s1. The zero-order chi connectivity index (χ0) is 16.5. The summed E-state index contributed by atoms with van der Waals surface area (Å²) in [7, 11) is 0. The van der Waals surface area contributed by atoms with E-state index in [2.05, 4.69) is 15.1 Å². The quantitative estimate of drug-likeness (QED) is 0.865. The molecule has 0 N–H and O–H groups in total. The predicted molar refractivity (Wildman–Crippen MR) is 90.4 cm³/mol. The van der Waals surface area contributed by atoms with E-state index in [1.165, 1.54) is 25.5 Å². The van der Waals surface area contributed by atoms with Crippen molar-refractivity contribution < 1.29 is 9.13 Å². The number of fused-ring (bicyclic) bond motifs is 2. The second kappa shape index (κ2) is 6.48. The van der Waals surface area contributed by atoms with Crippen molar-refractivity contribution in [1.29, 1.82) is 0 Å². The van der Waals surface area contributed by atoms with Crippen LogP contribution in [0.25, 0.3) is 11.3 Å². The number of benzene rings is 1. The van der Waals surface area contributed by atoms with E-state index >= 15 is 0 Å². The first kappa shape index (κ1) is 15.5. The summed E-state index contributed by atoms with van der Waals surface area (Å²) < 4.78 is 20.1. The van der Waals surface area contributed by atoms with Crippen molar-refractivity contribution in [1.82, 2.24) is 15.1 Å². The minimum atomic E-state index is -0.271. The van der Waals surface area contributed by atoms with Crippen LogP contribution in [0.4, 0.5) is 4.39 Å². The van der Waals surface area contributed by atoms with E-state index in [0.717, 1.165) is 25.1 Å². The van der Waals surface area contributed by atoms with Gasteiger partial charge in [0, 0.05) is 30.6 Å². The Bertz CT molecular complexity index is 719. The van der Waals surface area contributed by atoms with E-state index in [1.807, 2.05) is 13.0 Å². The Morgan fingerprint density at radius 2 is 2.04 bits per heavy atom. The van der Waals surface area contributed by atoms with Gasteiger partial charge < -0.3 is 9.64 Å². The lowest BCUT2D eigenvalue weighted by Gasteiger charge is -2.42. The second-order valence-electron chi connectivity index (χ2n) is 6.89. The number of piperidine rings is 2. The van der Waals surface area contributed by atoms with Gasteiger partial charge in [0.1, 0.15) is 11.9 Å². The van der Waals surface area contributed by atoms with Crippen molar-refractivity contribution in [3.05, 3.63) is 41.7 Å². The minimum absolute atomic E-state index is 0.220. The van der Waals surface area contributed by atoms with Gasteiger partial charge in [-0.2, -0.15) is 0 Å². The number of halogens is 1. The molecule has 2 aromatic rings. The van der Waals surface area contributed by atoms with Crippen molar-refractivity contribution in [3.8, 4) is 17.1 Å². The summed E-state index contributed by atoms with van der Waals surface area (Å²) in [6.45, 7) is 5.32. The van der Waals surface area contributed by atoms with Crippen molar-refractivity contribution in [2.75, 3.05) is 19.6 Å². The summed E-state index contributed by atoms with van der Waals surface area (Å²) in [6.07, 6.45) is 3.74. The molecular weight excluding hydrogens is 305 g/mol. The second-order valence-corrected chi connectivity index (χ2v) is 6.89. The highest BCUT2D eigenvalue weighted by Crippen LogP contribution is 2.29. The first-order valence-electron chi connectivity index (χ1n) is 8.68. The number of aryl methyl sites for hydroxylation is 1. The molecule has 1 aromatic carbocycles. The summed E-state index contributed by atoms with van der Waals surface area (Å²) >= 11 is 0. The van der Waals surface area contributed by atoms with E-state index < -0.39 is 0 Å². The molecule has 24 heavy (non-hydrogen) atoms. The van der Waals surface area contributed by atoms with E-state index in [1.54, 1.807) is 18.2 Å². The third-order valence-electron chi connectivity index (χ3n) is 5.11. The van der Waals surface area contributed by atoms with Crippen molar-refractivity contribution in [2.24, 2.45) is 5.92 Å². The number of rotatable bonds is 3. The molecule has 3 heterocycles. The maximum absolute atomic E-state index is 14.0.